The van der Waals surface area contributed by atoms with Crippen molar-refractivity contribution in [3.8, 4) is 0 Å². The third-order valence-electron chi connectivity index (χ3n) is 2.39. The van der Waals surface area contributed by atoms with E-state index in [2.05, 4.69) is 10.5 Å². The molecule has 7 nitrogen and oxygen atoms in total. The van der Waals surface area contributed by atoms with Crippen LogP contribution in [0.3, 0.4) is 0 Å². The lowest BCUT2D eigenvalue weighted by Gasteiger charge is -2.22. The fraction of sp³-hybridized carbons (Fsp3) is 0.538. The van der Waals surface area contributed by atoms with E-state index >= 15 is 0 Å². The van der Waals surface area contributed by atoms with E-state index in [1.54, 1.807) is 39.3 Å². The number of alkyl carbamates (subject to hydrolysis) is 1. The van der Waals surface area contributed by atoms with Gasteiger partial charge in [0.2, 0.25) is 0 Å². The third-order valence-corrected chi connectivity index (χ3v) is 3.44. The van der Waals surface area contributed by atoms with Crippen molar-refractivity contribution in [2.45, 2.75) is 32.4 Å². The Hall–Kier alpha value is -1.80. The number of nitrogens with one attached hydrogen (secondary N) is 1. The molecule has 1 atom stereocenters. The van der Waals surface area contributed by atoms with E-state index in [9.17, 15) is 4.79 Å². The number of amides is 1. The molecule has 0 unspecified atom stereocenters. The molecule has 0 aliphatic rings. The molecule has 0 bridgehead atoms. The summed E-state index contributed by atoms with van der Waals surface area (Å²) in [6, 6.07) is 1.37. The smallest absolute Gasteiger partial charge is 0.408 e. The second-order valence-electron chi connectivity index (χ2n) is 5.38. The molecule has 1 rings (SSSR count). The lowest BCUT2D eigenvalue weighted by molar-refractivity contribution is 0.0469. The topological polar surface area (TPSA) is 106 Å². The molecular weight excluding hydrogens is 294 g/mol. The second kappa shape index (κ2) is 7.28. The molecule has 1 aromatic rings. The van der Waals surface area contributed by atoms with Crippen LogP contribution in [0.25, 0.3) is 0 Å². The molecule has 0 radical (unpaired) electrons. The van der Waals surface area contributed by atoms with E-state index in [0.29, 0.717) is 5.56 Å². The van der Waals surface area contributed by atoms with Crippen LogP contribution >= 0.6 is 11.3 Å². The van der Waals surface area contributed by atoms with Crippen LogP contribution in [0.4, 0.5) is 4.79 Å². The zero-order chi connectivity index (χ0) is 16.0. The number of thiophene rings is 1. The van der Waals surface area contributed by atoms with Gasteiger partial charge in [-0.05, 0) is 26.8 Å². The van der Waals surface area contributed by atoms with Gasteiger partial charge < -0.3 is 25.7 Å². The molecule has 0 aliphatic carbocycles. The fourth-order valence-corrected chi connectivity index (χ4v) is 2.48. The highest BCUT2D eigenvalue weighted by molar-refractivity contribution is 7.10. The predicted molar refractivity (Wildman–Crippen MR) is 80.8 cm³/mol. The summed E-state index contributed by atoms with van der Waals surface area (Å²) in [6.45, 7) is 5.66. The molecule has 118 valence electrons. The molecule has 0 saturated carbocycles. The van der Waals surface area contributed by atoms with Crippen LogP contribution in [0.1, 0.15) is 37.3 Å². The summed E-state index contributed by atoms with van der Waals surface area (Å²) in [5.41, 5.74) is 5.54. The van der Waals surface area contributed by atoms with Crippen molar-refractivity contribution in [1.29, 1.82) is 0 Å². The summed E-state index contributed by atoms with van der Waals surface area (Å²) in [6.07, 6.45) is -0.525. The van der Waals surface area contributed by atoms with Crippen molar-refractivity contribution < 1.29 is 19.5 Å². The van der Waals surface area contributed by atoms with Crippen LogP contribution in [-0.2, 0) is 9.47 Å². The molecule has 0 aliphatic heterocycles. The molecule has 21 heavy (non-hydrogen) atoms. The Morgan fingerprint density at radius 1 is 1.57 bits per heavy atom. The Bertz CT molecular complexity index is 508. The Kier molecular flexibility index (Phi) is 5.98. The average molecular weight is 315 g/mol. The number of nitrogens with two attached hydrogens (primary N) is 1. The van der Waals surface area contributed by atoms with Crippen molar-refractivity contribution in [2.75, 3.05) is 13.7 Å². The van der Waals surface area contributed by atoms with E-state index in [4.69, 9.17) is 20.4 Å². The van der Waals surface area contributed by atoms with Gasteiger partial charge in [-0.1, -0.05) is 5.16 Å². The predicted octanol–water partition coefficient (Wildman–Crippen LogP) is 2.05. The van der Waals surface area contributed by atoms with Crippen LogP contribution in [0.15, 0.2) is 16.6 Å². The highest BCUT2D eigenvalue weighted by Gasteiger charge is 2.22. The number of rotatable bonds is 5. The summed E-state index contributed by atoms with van der Waals surface area (Å²) < 4.78 is 10.3. The molecular formula is C13H21N3O4S. The molecule has 1 heterocycles. The molecule has 0 saturated heterocycles. The maximum atomic E-state index is 11.8. The van der Waals surface area contributed by atoms with Crippen LogP contribution < -0.4 is 11.1 Å². The first-order chi connectivity index (χ1) is 9.76. The first kappa shape index (κ1) is 17.3. The summed E-state index contributed by atoms with van der Waals surface area (Å²) in [5.74, 6) is 0.0194. The summed E-state index contributed by atoms with van der Waals surface area (Å²) in [7, 11) is 1.54. The van der Waals surface area contributed by atoms with E-state index in [-0.39, 0.29) is 18.5 Å². The minimum absolute atomic E-state index is 0.0194. The van der Waals surface area contributed by atoms with Gasteiger partial charge in [0.15, 0.2) is 5.84 Å². The van der Waals surface area contributed by atoms with Gasteiger partial charge in [0.1, 0.15) is 5.60 Å². The normalized spacial score (nSPS) is 13.8. The number of oxime groups is 1. The molecule has 0 fully saturated rings. The standard InChI is InChI=1S/C13H21N3O4S/c1-13(2,3)20-12(17)15-9(6-19-4)10-5-8(7-21-10)11(14)16-18/h5,7,9,18H,6H2,1-4H3,(H2,14,16)(H,15,17)/t9-/m1/s1. The third kappa shape index (κ3) is 5.60. The minimum Gasteiger partial charge on any atom is -0.444 e. The van der Waals surface area contributed by atoms with Crippen molar-refractivity contribution in [2.24, 2.45) is 10.9 Å². The van der Waals surface area contributed by atoms with Crippen molar-refractivity contribution in [3.63, 3.8) is 0 Å². The Morgan fingerprint density at radius 2 is 2.24 bits per heavy atom. The molecule has 0 spiro atoms. The molecule has 1 aromatic heterocycles. The van der Waals surface area contributed by atoms with Crippen LogP contribution in [0, 0.1) is 0 Å². The average Bonchev–Trinajstić information content (AvgIpc) is 2.84. The van der Waals surface area contributed by atoms with Gasteiger partial charge in [-0.25, -0.2) is 4.79 Å². The maximum Gasteiger partial charge on any atom is 0.408 e. The van der Waals surface area contributed by atoms with Gasteiger partial charge in [-0.3, -0.25) is 0 Å². The highest BCUT2D eigenvalue weighted by Crippen LogP contribution is 2.23. The first-order valence-corrected chi connectivity index (χ1v) is 7.19. The SMILES string of the molecule is COC[C@@H](NC(=O)OC(C)(C)C)c1cc(/C(N)=N/O)cs1. The van der Waals surface area contributed by atoms with Crippen LogP contribution in [-0.4, -0.2) is 36.5 Å². The highest BCUT2D eigenvalue weighted by atomic mass is 32.1. The van der Waals surface area contributed by atoms with Gasteiger partial charge in [0, 0.05) is 22.9 Å². The number of amidine groups is 1. The summed E-state index contributed by atoms with van der Waals surface area (Å²) >= 11 is 1.38. The number of carbonyl (C=O) groups is 1. The van der Waals surface area contributed by atoms with Crippen molar-refractivity contribution in [3.05, 3.63) is 21.9 Å². The van der Waals surface area contributed by atoms with Gasteiger partial charge in [0.05, 0.1) is 12.6 Å². The number of hydrogen-bond acceptors (Lipinski definition) is 6. The zero-order valence-corrected chi connectivity index (χ0v) is 13.4. The van der Waals surface area contributed by atoms with Crippen molar-refractivity contribution in [1.82, 2.24) is 5.32 Å². The van der Waals surface area contributed by atoms with E-state index in [1.807, 2.05) is 0 Å². The summed E-state index contributed by atoms with van der Waals surface area (Å²) in [4.78, 5) is 12.7. The summed E-state index contributed by atoms with van der Waals surface area (Å²) in [5, 5.41) is 16.1. The number of nitrogens with zero attached hydrogens (tertiary/aromatic N) is 1. The fourth-order valence-electron chi connectivity index (χ4n) is 1.54. The number of ether oxygens (including phenoxy) is 2. The Balaban J connectivity index is 2.82. The van der Waals surface area contributed by atoms with E-state index in [0.717, 1.165) is 4.88 Å². The zero-order valence-electron chi connectivity index (χ0n) is 12.5. The van der Waals surface area contributed by atoms with Crippen LogP contribution in [0.2, 0.25) is 0 Å². The second-order valence-corrected chi connectivity index (χ2v) is 6.32. The monoisotopic (exact) mass is 315 g/mol. The first-order valence-electron chi connectivity index (χ1n) is 6.31. The molecule has 8 heteroatoms. The van der Waals surface area contributed by atoms with Gasteiger partial charge >= 0.3 is 6.09 Å². The molecule has 4 N–H and O–H groups in total. The minimum atomic E-state index is -0.573. The Morgan fingerprint density at radius 3 is 2.76 bits per heavy atom. The van der Waals surface area contributed by atoms with Gasteiger partial charge in [-0.2, -0.15) is 0 Å². The largest absolute Gasteiger partial charge is 0.444 e. The lowest BCUT2D eigenvalue weighted by atomic mass is 10.2. The molecule has 1 amide bonds. The van der Waals surface area contributed by atoms with Gasteiger partial charge in [0.25, 0.3) is 0 Å². The van der Waals surface area contributed by atoms with Gasteiger partial charge in [-0.15, -0.1) is 11.3 Å². The number of hydrogen-bond donors (Lipinski definition) is 3. The lowest BCUT2D eigenvalue weighted by Crippen LogP contribution is -2.36. The quantitative estimate of drug-likeness (QED) is 0.334. The van der Waals surface area contributed by atoms with Crippen LogP contribution in [0.5, 0.6) is 0 Å². The van der Waals surface area contributed by atoms with E-state index < -0.39 is 11.7 Å². The number of carbonyl (C=O) groups excluding carboxylic acids is 1. The Labute approximate surface area is 127 Å². The van der Waals surface area contributed by atoms with Crippen molar-refractivity contribution >= 4 is 23.3 Å². The number of methoxy groups -OCH3 is 1. The van der Waals surface area contributed by atoms with E-state index in [1.165, 1.54) is 11.3 Å². The molecule has 0 aromatic carbocycles. The maximum absolute atomic E-state index is 11.8.